The number of hydrogen-bond donors (Lipinski definition) is 1. The summed E-state index contributed by atoms with van der Waals surface area (Å²) >= 11 is 0. The molecule has 1 aliphatic heterocycles. The fourth-order valence-corrected chi connectivity index (χ4v) is 4.29. The van der Waals surface area contributed by atoms with Crippen LogP contribution in [-0.4, -0.2) is 31.9 Å². The van der Waals surface area contributed by atoms with Crippen LogP contribution in [0.25, 0.3) is 11.1 Å². The van der Waals surface area contributed by atoms with Crippen LogP contribution in [0.5, 0.6) is 0 Å². The summed E-state index contributed by atoms with van der Waals surface area (Å²) in [5.74, 6) is 0. The summed E-state index contributed by atoms with van der Waals surface area (Å²) in [7, 11) is -3.46. The molecule has 0 aromatic heterocycles. The molecule has 0 atom stereocenters. The van der Waals surface area contributed by atoms with E-state index < -0.39 is 10.0 Å². The van der Waals surface area contributed by atoms with Crippen LogP contribution < -0.4 is 5.73 Å². The van der Waals surface area contributed by atoms with Gasteiger partial charge in [0.05, 0.1) is 16.5 Å². The summed E-state index contributed by atoms with van der Waals surface area (Å²) in [5, 5.41) is 8.84. The molecular formula is C18H20ClN3O2S. The lowest BCUT2D eigenvalue weighted by Crippen LogP contribution is -2.42. The average Bonchev–Trinajstić information content (AvgIpc) is 2.62. The van der Waals surface area contributed by atoms with Gasteiger partial charge in [-0.25, -0.2) is 8.42 Å². The van der Waals surface area contributed by atoms with Gasteiger partial charge in [0.25, 0.3) is 0 Å². The second-order valence-electron chi connectivity index (χ2n) is 5.96. The number of halogens is 1. The molecule has 0 radical (unpaired) electrons. The number of nitriles is 1. The van der Waals surface area contributed by atoms with Gasteiger partial charge in [-0.15, -0.1) is 12.4 Å². The number of nitrogens with zero attached hydrogens (tertiary/aromatic N) is 2. The van der Waals surface area contributed by atoms with E-state index in [-0.39, 0.29) is 18.4 Å². The predicted octanol–water partition coefficient (Wildman–Crippen LogP) is 2.76. The molecule has 2 aromatic carbocycles. The van der Waals surface area contributed by atoms with Crippen molar-refractivity contribution in [2.24, 2.45) is 5.73 Å². The van der Waals surface area contributed by atoms with Gasteiger partial charge in [-0.3, -0.25) is 0 Å². The van der Waals surface area contributed by atoms with Gasteiger partial charge in [0, 0.05) is 19.1 Å². The summed E-state index contributed by atoms with van der Waals surface area (Å²) in [6, 6.07) is 16.2. The van der Waals surface area contributed by atoms with Crippen LogP contribution in [0.2, 0.25) is 0 Å². The van der Waals surface area contributed by atoms with Crippen LogP contribution in [-0.2, 0) is 10.0 Å². The Kier molecular flexibility index (Phi) is 6.20. The molecule has 0 amide bonds. The molecule has 0 unspecified atom stereocenters. The summed E-state index contributed by atoms with van der Waals surface area (Å²) < 4.78 is 26.9. The van der Waals surface area contributed by atoms with Crippen molar-refractivity contribution in [3.8, 4) is 17.2 Å². The van der Waals surface area contributed by atoms with Crippen LogP contribution in [0.1, 0.15) is 18.4 Å². The Morgan fingerprint density at radius 3 is 1.92 bits per heavy atom. The predicted molar refractivity (Wildman–Crippen MR) is 99.8 cm³/mol. The van der Waals surface area contributed by atoms with Crippen LogP contribution in [0.4, 0.5) is 0 Å². The zero-order valence-electron chi connectivity index (χ0n) is 13.6. The lowest BCUT2D eigenvalue weighted by atomic mass is 10.0. The quantitative estimate of drug-likeness (QED) is 0.890. The van der Waals surface area contributed by atoms with Gasteiger partial charge in [-0.1, -0.05) is 24.3 Å². The van der Waals surface area contributed by atoms with Crippen molar-refractivity contribution in [1.82, 2.24) is 4.31 Å². The summed E-state index contributed by atoms with van der Waals surface area (Å²) in [4.78, 5) is 0.301. The molecule has 2 aromatic rings. The van der Waals surface area contributed by atoms with Gasteiger partial charge < -0.3 is 5.73 Å². The van der Waals surface area contributed by atoms with Crippen LogP contribution in [0.15, 0.2) is 53.4 Å². The molecule has 1 heterocycles. The molecule has 7 heteroatoms. The van der Waals surface area contributed by atoms with E-state index in [1.165, 1.54) is 4.31 Å². The molecule has 0 spiro atoms. The summed E-state index contributed by atoms with van der Waals surface area (Å²) in [5.41, 5.74) is 8.30. The van der Waals surface area contributed by atoms with Crippen molar-refractivity contribution in [3.05, 3.63) is 54.1 Å². The van der Waals surface area contributed by atoms with Crippen LogP contribution >= 0.6 is 12.4 Å². The topological polar surface area (TPSA) is 87.2 Å². The van der Waals surface area contributed by atoms with Crippen LogP contribution in [0.3, 0.4) is 0 Å². The fraction of sp³-hybridized carbons (Fsp3) is 0.278. The molecule has 0 saturated carbocycles. The Morgan fingerprint density at radius 1 is 0.960 bits per heavy atom. The van der Waals surface area contributed by atoms with E-state index in [9.17, 15) is 8.42 Å². The van der Waals surface area contributed by atoms with E-state index in [1.807, 2.05) is 12.1 Å². The zero-order valence-corrected chi connectivity index (χ0v) is 15.3. The fourth-order valence-electron chi connectivity index (χ4n) is 2.82. The Labute approximate surface area is 154 Å². The minimum Gasteiger partial charge on any atom is -0.328 e. The van der Waals surface area contributed by atoms with Crippen molar-refractivity contribution in [2.75, 3.05) is 13.1 Å². The Bertz CT molecular complexity index is 851. The number of benzene rings is 2. The maximum atomic E-state index is 12.7. The normalized spacial score (nSPS) is 16.0. The van der Waals surface area contributed by atoms with Crippen LogP contribution in [0, 0.1) is 11.3 Å². The first-order valence-corrected chi connectivity index (χ1v) is 9.31. The van der Waals surface area contributed by atoms with E-state index in [4.69, 9.17) is 11.0 Å². The lowest BCUT2D eigenvalue weighted by Gasteiger charge is -2.29. The average molecular weight is 378 g/mol. The van der Waals surface area contributed by atoms with Gasteiger partial charge in [0.2, 0.25) is 10.0 Å². The molecule has 5 nitrogen and oxygen atoms in total. The zero-order chi connectivity index (χ0) is 17.2. The minimum atomic E-state index is -3.46. The highest BCUT2D eigenvalue weighted by molar-refractivity contribution is 7.89. The first-order valence-electron chi connectivity index (χ1n) is 7.87. The summed E-state index contributed by atoms with van der Waals surface area (Å²) in [6.07, 6.45) is 1.39. The largest absolute Gasteiger partial charge is 0.328 e. The molecule has 3 rings (SSSR count). The number of rotatable bonds is 3. The van der Waals surface area contributed by atoms with E-state index in [2.05, 4.69) is 6.07 Å². The maximum Gasteiger partial charge on any atom is 0.243 e. The molecule has 1 saturated heterocycles. The maximum absolute atomic E-state index is 12.7. The number of nitrogens with two attached hydrogens (primary N) is 1. The number of piperidine rings is 1. The second kappa shape index (κ2) is 7.98. The Balaban J connectivity index is 0.00000225. The third-order valence-electron chi connectivity index (χ3n) is 4.34. The van der Waals surface area contributed by atoms with E-state index in [1.54, 1.807) is 36.4 Å². The van der Waals surface area contributed by atoms with Crippen molar-refractivity contribution < 1.29 is 8.42 Å². The van der Waals surface area contributed by atoms with Crippen molar-refractivity contribution >= 4 is 22.4 Å². The molecule has 1 fully saturated rings. The van der Waals surface area contributed by atoms with Gasteiger partial charge in [-0.2, -0.15) is 9.57 Å². The first-order chi connectivity index (χ1) is 11.5. The number of hydrogen-bond acceptors (Lipinski definition) is 4. The molecule has 25 heavy (non-hydrogen) atoms. The molecule has 132 valence electrons. The van der Waals surface area contributed by atoms with Crippen molar-refractivity contribution in [3.63, 3.8) is 0 Å². The standard InChI is InChI=1S/C18H19N3O2S.ClH/c19-13-14-1-3-15(4-2-14)16-5-7-18(8-6-16)24(22,23)21-11-9-17(20)10-12-21;/h1-8,17H,9-12,20H2;1H. The van der Waals surface area contributed by atoms with Gasteiger partial charge in [0.15, 0.2) is 0 Å². The monoisotopic (exact) mass is 377 g/mol. The molecular weight excluding hydrogens is 358 g/mol. The Hall–Kier alpha value is -1.91. The second-order valence-corrected chi connectivity index (χ2v) is 7.89. The third-order valence-corrected chi connectivity index (χ3v) is 6.25. The number of sulfonamides is 1. The van der Waals surface area contributed by atoms with Gasteiger partial charge in [0.1, 0.15) is 0 Å². The van der Waals surface area contributed by atoms with E-state index in [0.29, 0.717) is 36.4 Å². The van der Waals surface area contributed by atoms with E-state index in [0.717, 1.165) is 11.1 Å². The SMILES string of the molecule is Cl.N#Cc1ccc(-c2ccc(S(=O)(=O)N3CCC(N)CC3)cc2)cc1. The van der Waals surface area contributed by atoms with Crippen molar-refractivity contribution in [1.29, 1.82) is 5.26 Å². The summed E-state index contributed by atoms with van der Waals surface area (Å²) in [6.45, 7) is 0.946. The van der Waals surface area contributed by atoms with Crippen molar-refractivity contribution in [2.45, 2.75) is 23.8 Å². The van der Waals surface area contributed by atoms with Gasteiger partial charge >= 0.3 is 0 Å². The highest BCUT2D eigenvalue weighted by atomic mass is 35.5. The highest BCUT2D eigenvalue weighted by Crippen LogP contribution is 2.24. The molecule has 1 aliphatic rings. The third kappa shape index (κ3) is 4.20. The molecule has 2 N–H and O–H groups in total. The first kappa shape index (κ1) is 19.4. The van der Waals surface area contributed by atoms with Gasteiger partial charge in [-0.05, 0) is 48.2 Å². The minimum absolute atomic E-state index is 0. The molecule has 0 bridgehead atoms. The van der Waals surface area contributed by atoms with E-state index >= 15 is 0 Å². The smallest absolute Gasteiger partial charge is 0.243 e. The molecule has 0 aliphatic carbocycles. The highest BCUT2D eigenvalue weighted by Gasteiger charge is 2.28. The Morgan fingerprint density at radius 2 is 1.44 bits per heavy atom. The lowest BCUT2D eigenvalue weighted by molar-refractivity contribution is 0.320.